The Hall–Kier alpha value is 0.107. The molecular weight excluding hydrogens is 244 g/mol. The van der Waals surface area contributed by atoms with Gasteiger partial charge in [-0.2, -0.15) is 0 Å². The molecule has 72 valence electrons. The number of hydrogen-bond acceptors (Lipinski definition) is 4. The van der Waals surface area contributed by atoms with Crippen molar-refractivity contribution in [2.24, 2.45) is 0 Å². The summed E-state index contributed by atoms with van der Waals surface area (Å²) in [5.74, 6) is 0. The van der Waals surface area contributed by atoms with Gasteiger partial charge in [-0.3, -0.25) is 0 Å². The first kappa shape index (κ1) is 14.1. The molecule has 0 saturated heterocycles. The summed E-state index contributed by atoms with van der Waals surface area (Å²) in [6.07, 6.45) is 0. The van der Waals surface area contributed by atoms with Crippen molar-refractivity contribution in [1.82, 2.24) is 0 Å². The van der Waals surface area contributed by atoms with Gasteiger partial charge in [0.25, 0.3) is 0 Å². The second-order valence-electron chi connectivity index (χ2n) is 2.25. The van der Waals surface area contributed by atoms with Crippen LogP contribution in [0.3, 0.4) is 0 Å². The van der Waals surface area contributed by atoms with E-state index in [2.05, 4.69) is 0 Å². The van der Waals surface area contributed by atoms with Crippen molar-refractivity contribution in [3.63, 3.8) is 0 Å². The standard InChI is InChI=1S/C6H5Cl2NO3S.Li/c7-4-1-3(13(10,11)12)2-5(8)6(4)9;/h1-2H,9H2,(H,10,11,12);/q;+1/p-1. The van der Waals surface area contributed by atoms with Gasteiger partial charge in [-0.1, -0.05) is 23.2 Å². The fourth-order valence-electron chi connectivity index (χ4n) is 0.705. The fraction of sp³-hybridized carbons (Fsp3) is 0. The van der Waals surface area contributed by atoms with Gasteiger partial charge >= 0.3 is 18.9 Å². The molecule has 0 saturated carbocycles. The third-order valence-electron chi connectivity index (χ3n) is 1.34. The molecule has 0 atom stereocenters. The van der Waals surface area contributed by atoms with Crippen LogP contribution in [0.25, 0.3) is 0 Å². The quantitative estimate of drug-likeness (QED) is 0.372. The maximum Gasteiger partial charge on any atom is 1.00 e. The van der Waals surface area contributed by atoms with Crippen LogP contribution in [0.4, 0.5) is 5.69 Å². The molecule has 0 heterocycles. The number of rotatable bonds is 1. The third kappa shape index (κ3) is 3.06. The minimum atomic E-state index is -4.54. The van der Waals surface area contributed by atoms with Crippen LogP contribution in [0.2, 0.25) is 10.0 Å². The van der Waals surface area contributed by atoms with E-state index in [1.807, 2.05) is 0 Å². The summed E-state index contributed by atoms with van der Waals surface area (Å²) in [5.41, 5.74) is 5.38. The van der Waals surface area contributed by atoms with E-state index in [4.69, 9.17) is 28.9 Å². The molecule has 0 spiro atoms. The topological polar surface area (TPSA) is 83.2 Å². The molecule has 0 aromatic heterocycles. The van der Waals surface area contributed by atoms with Crippen molar-refractivity contribution in [2.45, 2.75) is 4.90 Å². The number of nitrogen functional groups attached to an aromatic ring is 1. The van der Waals surface area contributed by atoms with E-state index in [0.29, 0.717) is 0 Å². The zero-order chi connectivity index (χ0) is 10.2. The van der Waals surface area contributed by atoms with Crippen molar-refractivity contribution < 1.29 is 31.8 Å². The van der Waals surface area contributed by atoms with Crippen molar-refractivity contribution in [3.05, 3.63) is 22.2 Å². The maximum absolute atomic E-state index is 10.5. The number of hydrogen-bond donors (Lipinski definition) is 1. The Balaban J connectivity index is 0.00000169. The van der Waals surface area contributed by atoms with Crippen molar-refractivity contribution in [2.75, 3.05) is 5.73 Å². The van der Waals surface area contributed by atoms with Crippen molar-refractivity contribution in [3.8, 4) is 0 Å². The molecule has 0 amide bonds. The van der Waals surface area contributed by atoms with Gasteiger partial charge in [-0.25, -0.2) is 8.42 Å². The smallest absolute Gasteiger partial charge is 0.744 e. The summed E-state index contributed by atoms with van der Waals surface area (Å²) in [4.78, 5) is -0.489. The fourth-order valence-corrected chi connectivity index (χ4v) is 1.85. The first-order valence-electron chi connectivity index (χ1n) is 3.03. The van der Waals surface area contributed by atoms with Crippen LogP contribution in [-0.2, 0) is 10.1 Å². The average molecular weight is 248 g/mol. The molecule has 4 nitrogen and oxygen atoms in total. The van der Waals surface area contributed by atoms with Crippen LogP contribution >= 0.6 is 23.2 Å². The molecule has 8 heteroatoms. The molecule has 0 unspecified atom stereocenters. The van der Waals surface area contributed by atoms with E-state index in [0.717, 1.165) is 12.1 Å². The van der Waals surface area contributed by atoms with Gasteiger partial charge in [-0.15, -0.1) is 0 Å². The maximum atomic E-state index is 10.5. The molecular formula is C6H4Cl2LiNO3S. The predicted octanol–water partition coefficient (Wildman–Crippen LogP) is -1.52. The van der Waals surface area contributed by atoms with E-state index in [-0.39, 0.29) is 34.6 Å². The van der Waals surface area contributed by atoms with E-state index in [1.54, 1.807) is 0 Å². The Morgan fingerprint density at radius 2 is 1.57 bits per heavy atom. The zero-order valence-electron chi connectivity index (χ0n) is 7.12. The van der Waals surface area contributed by atoms with Gasteiger partial charge < -0.3 is 10.3 Å². The third-order valence-corrected chi connectivity index (χ3v) is 2.78. The molecule has 2 N–H and O–H groups in total. The Morgan fingerprint density at radius 1 is 1.21 bits per heavy atom. The average Bonchev–Trinajstić information content (AvgIpc) is 1.97. The van der Waals surface area contributed by atoms with Gasteiger partial charge in [-0.05, 0) is 12.1 Å². The van der Waals surface area contributed by atoms with E-state index >= 15 is 0 Å². The van der Waals surface area contributed by atoms with Gasteiger partial charge in [0.05, 0.1) is 20.6 Å². The zero-order valence-corrected chi connectivity index (χ0v) is 9.45. The SMILES string of the molecule is Nc1c(Cl)cc(S(=O)(=O)[O-])cc1Cl.[Li+]. The summed E-state index contributed by atoms with van der Waals surface area (Å²) in [7, 11) is -4.54. The van der Waals surface area contributed by atoms with Crippen LogP contribution in [0.15, 0.2) is 17.0 Å². The molecule has 0 radical (unpaired) electrons. The second-order valence-corrected chi connectivity index (χ2v) is 4.45. The second kappa shape index (κ2) is 4.75. The first-order chi connectivity index (χ1) is 5.82. The molecule has 0 bridgehead atoms. The summed E-state index contributed by atoms with van der Waals surface area (Å²) in [6.45, 7) is 0. The molecule has 1 aromatic rings. The van der Waals surface area contributed by atoms with Gasteiger partial charge in [0.2, 0.25) is 0 Å². The Bertz CT molecular complexity index is 425. The first-order valence-corrected chi connectivity index (χ1v) is 5.19. The molecule has 0 fully saturated rings. The van der Waals surface area contributed by atoms with Crippen LogP contribution < -0.4 is 24.6 Å². The van der Waals surface area contributed by atoms with E-state index in [9.17, 15) is 13.0 Å². The Morgan fingerprint density at radius 3 is 1.86 bits per heavy atom. The number of benzene rings is 1. The minimum Gasteiger partial charge on any atom is -0.744 e. The van der Waals surface area contributed by atoms with Crippen LogP contribution in [0.1, 0.15) is 0 Å². The summed E-state index contributed by atoms with van der Waals surface area (Å²) in [5, 5.41) is -0.108. The number of anilines is 1. The molecule has 14 heavy (non-hydrogen) atoms. The van der Waals surface area contributed by atoms with Crippen molar-refractivity contribution in [1.29, 1.82) is 0 Å². The minimum absolute atomic E-state index is 0. The predicted molar refractivity (Wildman–Crippen MR) is 48.8 cm³/mol. The van der Waals surface area contributed by atoms with Crippen molar-refractivity contribution >= 4 is 39.0 Å². The van der Waals surface area contributed by atoms with Gasteiger partial charge in [0.1, 0.15) is 10.1 Å². The molecule has 0 aliphatic rings. The summed E-state index contributed by atoms with van der Waals surface area (Å²) in [6, 6.07) is 1.93. The number of nitrogens with two attached hydrogens (primary N) is 1. The summed E-state index contributed by atoms with van der Waals surface area (Å²) < 4.78 is 31.6. The van der Waals surface area contributed by atoms with Crippen LogP contribution in [-0.4, -0.2) is 13.0 Å². The van der Waals surface area contributed by atoms with Gasteiger partial charge in [0.15, 0.2) is 0 Å². The van der Waals surface area contributed by atoms with E-state index < -0.39 is 15.0 Å². The Labute approximate surface area is 103 Å². The summed E-state index contributed by atoms with van der Waals surface area (Å²) >= 11 is 11.0. The molecule has 1 rings (SSSR count). The van der Waals surface area contributed by atoms with Crippen LogP contribution in [0, 0.1) is 0 Å². The Kier molecular flexibility index (Phi) is 4.79. The monoisotopic (exact) mass is 247 g/mol. The molecule has 1 aromatic carbocycles. The largest absolute Gasteiger partial charge is 1.00 e. The molecule has 0 aliphatic heterocycles. The van der Waals surface area contributed by atoms with Gasteiger partial charge in [0, 0.05) is 0 Å². The van der Waals surface area contributed by atoms with Crippen LogP contribution in [0.5, 0.6) is 0 Å². The molecule has 0 aliphatic carbocycles. The normalized spacial score (nSPS) is 10.8. The number of halogens is 2. The van der Waals surface area contributed by atoms with E-state index in [1.165, 1.54) is 0 Å².